The zero-order chi connectivity index (χ0) is 40.5. The molecule has 0 aliphatic rings. The van der Waals surface area contributed by atoms with Crippen molar-refractivity contribution in [1.82, 2.24) is 24.1 Å². The minimum Gasteiger partial charge on any atom is -0.455 e. The van der Waals surface area contributed by atoms with Crippen molar-refractivity contribution < 1.29 is 8.83 Å². The van der Waals surface area contributed by atoms with Crippen molar-refractivity contribution in [2.24, 2.45) is 0 Å². The Morgan fingerprint density at radius 2 is 0.855 bits per heavy atom. The molecule has 288 valence electrons. The van der Waals surface area contributed by atoms with Crippen molar-refractivity contribution in [3.8, 4) is 34.4 Å². The molecule has 14 aromatic rings. The lowest BCUT2D eigenvalue weighted by atomic mass is 10.0. The molecule has 7 nitrogen and oxygen atoms in total. The number of furan rings is 2. The van der Waals surface area contributed by atoms with Crippen molar-refractivity contribution in [3.05, 3.63) is 188 Å². The zero-order valence-electron chi connectivity index (χ0n) is 33.0. The molecule has 0 atom stereocenters. The summed E-state index contributed by atoms with van der Waals surface area (Å²) in [7, 11) is 0. The summed E-state index contributed by atoms with van der Waals surface area (Å²) in [6, 6.07) is 65.5. The number of rotatable bonds is 4. The van der Waals surface area contributed by atoms with E-state index in [1.165, 1.54) is 5.39 Å². The summed E-state index contributed by atoms with van der Waals surface area (Å²) in [6.07, 6.45) is 0. The molecular weight excluding hydrogens is 763 g/mol. The van der Waals surface area contributed by atoms with Gasteiger partial charge < -0.3 is 13.4 Å². The van der Waals surface area contributed by atoms with Crippen LogP contribution in [0, 0.1) is 0 Å². The molecule has 5 heterocycles. The molecule has 0 aliphatic heterocycles. The molecule has 0 radical (unpaired) electrons. The molecule has 9 aromatic carbocycles. The number of nitrogens with zero attached hydrogens (tertiary/aromatic N) is 5. The van der Waals surface area contributed by atoms with Crippen LogP contribution in [0.5, 0.6) is 0 Å². The van der Waals surface area contributed by atoms with Crippen molar-refractivity contribution in [1.29, 1.82) is 0 Å². The second-order valence-electron chi connectivity index (χ2n) is 15.9. The number of para-hydroxylation sites is 6. The van der Waals surface area contributed by atoms with Crippen LogP contribution < -0.4 is 0 Å². The maximum Gasteiger partial charge on any atom is 0.238 e. The quantitative estimate of drug-likeness (QED) is 0.177. The molecule has 0 N–H and O–H groups in total. The average molecular weight is 794 g/mol. The van der Waals surface area contributed by atoms with Gasteiger partial charge in [-0.05, 0) is 71.4 Å². The lowest BCUT2D eigenvalue weighted by Crippen LogP contribution is -2.08. The third-order valence-electron chi connectivity index (χ3n) is 12.6. The zero-order valence-corrected chi connectivity index (χ0v) is 33.0. The molecule has 0 saturated carbocycles. The minimum atomic E-state index is 0.478. The highest BCUT2D eigenvalue weighted by molar-refractivity contribution is 6.16. The topological polar surface area (TPSA) is 74.8 Å². The Hall–Kier alpha value is -8.55. The van der Waals surface area contributed by atoms with E-state index in [9.17, 15) is 0 Å². The summed E-state index contributed by atoms with van der Waals surface area (Å²) < 4.78 is 18.1. The number of hydrogen-bond acceptors (Lipinski definition) is 5. The fourth-order valence-electron chi connectivity index (χ4n) is 9.85. The first kappa shape index (κ1) is 33.3. The number of benzene rings is 9. The van der Waals surface area contributed by atoms with E-state index in [0.29, 0.717) is 23.2 Å². The maximum absolute atomic E-state index is 6.96. The van der Waals surface area contributed by atoms with E-state index < -0.39 is 0 Å². The molecule has 0 aliphatic carbocycles. The Morgan fingerprint density at radius 1 is 0.339 bits per heavy atom. The third kappa shape index (κ3) is 4.61. The fourth-order valence-corrected chi connectivity index (χ4v) is 9.85. The fraction of sp³-hybridized carbons (Fsp3) is 0. The summed E-state index contributed by atoms with van der Waals surface area (Å²) in [6.45, 7) is 0. The lowest BCUT2D eigenvalue weighted by molar-refractivity contribution is 0.669. The Kier molecular flexibility index (Phi) is 6.71. The van der Waals surface area contributed by atoms with Crippen LogP contribution >= 0.6 is 0 Å². The number of fused-ring (bicyclic) bond motifs is 13. The molecule has 0 spiro atoms. The molecule has 0 saturated heterocycles. The van der Waals surface area contributed by atoms with E-state index in [-0.39, 0.29) is 0 Å². The summed E-state index contributed by atoms with van der Waals surface area (Å²) in [5.41, 5.74) is 9.57. The van der Waals surface area contributed by atoms with Gasteiger partial charge in [0.25, 0.3) is 0 Å². The highest BCUT2D eigenvalue weighted by atomic mass is 16.3. The number of hydrogen-bond donors (Lipinski definition) is 0. The highest BCUT2D eigenvalue weighted by Crippen LogP contribution is 2.44. The van der Waals surface area contributed by atoms with E-state index in [2.05, 4.69) is 161 Å². The molecule has 0 amide bonds. The van der Waals surface area contributed by atoms with Crippen molar-refractivity contribution in [2.75, 3.05) is 0 Å². The molecule has 7 heteroatoms. The molecule has 62 heavy (non-hydrogen) atoms. The Balaban J connectivity index is 1.16. The lowest BCUT2D eigenvalue weighted by Gasteiger charge is -2.16. The molecule has 14 rings (SSSR count). The molecule has 0 fully saturated rings. The van der Waals surface area contributed by atoms with Crippen LogP contribution in [-0.2, 0) is 0 Å². The Morgan fingerprint density at radius 3 is 1.55 bits per heavy atom. The summed E-state index contributed by atoms with van der Waals surface area (Å²) in [5.74, 6) is 1.46. The van der Waals surface area contributed by atoms with Crippen LogP contribution in [0.1, 0.15) is 0 Å². The summed E-state index contributed by atoms with van der Waals surface area (Å²) in [5, 5.41) is 10.9. The van der Waals surface area contributed by atoms with Crippen LogP contribution in [0.25, 0.3) is 133 Å². The van der Waals surface area contributed by atoms with Gasteiger partial charge in [-0.15, -0.1) is 0 Å². The predicted octanol–water partition coefficient (Wildman–Crippen LogP) is 14.4. The SMILES string of the molecule is c1ccc2cc3c(cc2c1)c1ccccc1n3-c1ccc2c(oc3ccccc32)c1-c1nc(-c2cccc3c2oc2ccccc23)nc(-n2c3ccccc3c3ccccc32)n1. The first-order valence-corrected chi connectivity index (χ1v) is 20.8. The van der Waals surface area contributed by atoms with Gasteiger partial charge in [-0.3, -0.25) is 4.57 Å². The largest absolute Gasteiger partial charge is 0.455 e. The maximum atomic E-state index is 6.96. The van der Waals surface area contributed by atoms with Gasteiger partial charge in [-0.25, -0.2) is 4.98 Å². The van der Waals surface area contributed by atoms with Gasteiger partial charge in [-0.2, -0.15) is 9.97 Å². The molecule has 5 aromatic heterocycles. The van der Waals surface area contributed by atoms with Crippen LogP contribution in [0.4, 0.5) is 0 Å². The van der Waals surface area contributed by atoms with Crippen LogP contribution in [0.15, 0.2) is 197 Å². The van der Waals surface area contributed by atoms with E-state index in [0.717, 1.165) is 104 Å². The van der Waals surface area contributed by atoms with Gasteiger partial charge in [0, 0.05) is 43.1 Å². The molecular formula is C55H31N5O2. The standard InChI is InChI=1S/C55H31N5O2/c1-2-15-33-31-47-42(30-32(33)14-1)36-18-5-8-23-43(36)59(47)46-29-28-40-38-20-7-12-27-49(38)62-52(40)50(46)54-56-53(41-22-13-21-39-37-19-6-11-26-48(37)61-51(39)41)57-55(58-54)60-44-24-9-3-16-34(44)35-17-4-10-25-45(35)60/h1-31H. The summed E-state index contributed by atoms with van der Waals surface area (Å²) in [4.78, 5) is 16.4. The van der Waals surface area contributed by atoms with Gasteiger partial charge in [-0.1, -0.05) is 127 Å². The third-order valence-corrected chi connectivity index (χ3v) is 12.6. The highest BCUT2D eigenvalue weighted by Gasteiger charge is 2.26. The van der Waals surface area contributed by atoms with Gasteiger partial charge in [0.15, 0.2) is 11.6 Å². The first-order chi connectivity index (χ1) is 30.7. The van der Waals surface area contributed by atoms with E-state index >= 15 is 0 Å². The van der Waals surface area contributed by atoms with Crippen LogP contribution in [0.3, 0.4) is 0 Å². The summed E-state index contributed by atoms with van der Waals surface area (Å²) >= 11 is 0. The van der Waals surface area contributed by atoms with E-state index in [4.69, 9.17) is 23.8 Å². The number of aromatic nitrogens is 5. The van der Waals surface area contributed by atoms with Crippen molar-refractivity contribution in [3.63, 3.8) is 0 Å². The van der Waals surface area contributed by atoms with Crippen molar-refractivity contribution in [2.45, 2.75) is 0 Å². The average Bonchev–Trinajstić information content (AvgIpc) is 4.08. The first-order valence-electron chi connectivity index (χ1n) is 20.8. The van der Waals surface area contributed by atoms with Gasteiger partial charge in [0.1, 0.15) is 22.3 Å². The van der Waals surface area contributed by atoms with Gasteiger partial charge >= 0.3 is 0 Å². The normalized spacial score (nSPS) is 12.2. The smallest absolute Gasteiger partial charge is 0.238 e. The second kappa shape index (κ2) is 12.5. The van der Waals surface area contributed by atoms with Gasteiger partial charge in [0.05, 0.1) is 38.9 Å². The Bertz CT molecular complexity index is 4130. The van der Waals surface area contributed by atoms with Gasteiger partial charge in [0.2, 0.25) is 5.95 Å². The molecule has 0 bridgehead atoms. The van der Waals surface area contributed by atoms with E-state index in [1.807, 2.05) is 36.4 Å². The minimum absolute atomic E-state index is 0.478. The monoisotopic (exact) mass is 793 g/mol. The van der Waals surface area contributed by atoms with Crippen LogP contribution in [0.2, 0.25) is 0 Å². The predicted molar refractivity (Wildman–Crippen MR) is 251 cm³/mol. The Labute approximate surface area is 352 Å². The van der Waals surface area contributed by atoms with Crippen LogP contribution in [-0.4, -0.2) is 24.1 Å². The molecule has 0 unspecified atom stereocenters. The van der Waals surface area contributed by atoms with Crippen molar-refractivity contribution >= 4 is 98.3 Å². The van der Waals surface area contributed by atoms with E-state index in [1.54, 1.807) is 0 Å². The second-order valence-corrected chi connectivity index (χ2v) is 15.9.